The minimum absolute atomic E-state index is 0.191. The Hall–Kier alpha value is -2.96. The summed E-state index contributed by atoms with van der Waals surface area (Å²) in [6, 6.07) is 2.99. The number of aromatic nitrogens is 2. The summed E-state index contributed by atoms with van der Waals surface area (Å²) in [4.78, 5) is 24.2. The normalized spacial score (nSPS) is 15.2. The first-order valence-electron chi connectivity index (χ1n) is 10.3. The molecule has 1 fully saturated rings. The SMILES string of the molecule is O=C(Nc1nc2cc(F)c(F)cc2s1)N1CCN(c2ncc(CCC(O)CO)cc2F)CC1. The third-order valence-electron chi connectivity index (χ3n) is 5.37. The molecule has 3 heterocycles. The van der Waals surface area contributed by atoms with Crippen LogP contribution in [0.5, 0.6) is 0 Å². The predicted molar refractivity (Wildman–Crippen MR) is 118 cm³/mol. The number of urea groups is 1. The summed E-state index contributed by atoms with van der Waals surface area (Å²) in [7, 11) is 0. The highest BCUT2D eigenvalue weighted by Crippen LogP contribution is 2.28. The van der Waals surface area contributed by atoms with Crippen molar-refractivity contribution < 1.29 is 28.2 Å². The fraction of sp³-hybridized carbons (Fsp3) is 0.381. The summed E-state index contributed by atoms with van der Waals surface area (Å²) < 4.78 is 41.7. The number of halogens is 3. The van der Waals surface area contributed by atoms with Gasteiger partial charge in [-0.25, -0.2) is 27.9 Å². The lowest BCUT2D eigenvalue weighted by Crippen LogP contribution is -2.50. The predicted octanol–water partition coefficient (Wildman–Crippen LogP) is 2.75. The van der Waals surface area contributed by atoms with Gasteiger partial charge in [0.15, 0.2) is 28.4 Å². The molecule has 0 bridgehead atoms. The van der Waals surface area contributed by atoms with Crippen molar-refractivity contribution in [1.29, 1.82) is 0 Å². The number of carbonyl (C=O) groups is 1. The largest absolute Gasteiger partial charge is 0.394 e. The summed E-state index contributed by atoms with van der Waals surface area (Å²) in [6.07, 6.45) is 1.39. The zero-order valence-electron chi connectivity index (χ0n) is 17.5. The maximum atomic E-state index is 14.6. The molecule has 33 heavy (non-hydrogen) atoms. The van der Waals surface area contributed by atoms with E-state index < -0.39 is 29.6 Å². The maximum absolute atomic E-state index is 14.6. The van der Waals surface area contributed by atoms with E-state index in [-0.39, 0.29) is 23.1 Å². The molecule has 12 heteroatoms. The Balaban J connectivity index is 1.33. The van der Waals surface area contributed by atoms with Crippen LogP contribution in [0, 0.1) is 17.5 Å². The Labute approximate surface area is 191 Å². The van der Waals surface area contributed by atoms with Crippen LogP contribution in [0.1, 0.15) is 12.0 Å². The van der Waals surface area contributed by atoms with E-state index in [4.69, 9.17) is 5.11 Å². The zero-order chi connectivity index (χ0) is 23.5. The van der Waals surface area contributed by atoms with E-state index in [0.29, 0.717) is 49.3 Å². The highest BCUT2D eigenvalue weighted by Gasteiger charge is 2.24. The highest BCUT2D eigenvalue weighted by molar-refractivity contribution is 7.22. The lowest BCUT2D eigenvalue weighted by Gasteiger charge is -2.35. The number of nitrogens with one attached hydrogen (secondary N) is 1. The van der Waals surface area contributed by atoms with Crippen LogP contribution in [0.4, 0.5) is 28.9 Å². The quantitative estimate of drug-likeness (QED) is 0.501. The number of hydrogen-bond donors (Lipinski definition) is 3. The standard InChI is InChI=1S/C21H22F3N5O3S/c22-14-8-17-18(9-15(14)23)33-20(26-17)27-21(32)29-5-3-28(4-6-29)19-16(24)7-12(10-25-19)1-2-13(31)11-30/h7-10,13,30-31H,1-6,11H2,(H,26,27,32). The first-order chi connectivity index (χ1) is 15.8. The van der Waals surface area contributed by atoms with Crippen molar-refractivity contribution in [3.63, 3.8) is 0 Å². The summed E-state index contributed by atoms with van der Waals surface area (Å²) >= 11 is 1.04. The molecule has 1 atom stereocenters. The maximum Gasteiger partial charge on any atom is 0.323 e. The van der Waals surface area contributed by atoms with Crippen LogP contribution < -0.4 is 10.2 Å². The highest BCUT2D eigenvalue weighted by atomic mass is 32.1. The van der Waals surface area contributed by atoms with Gasteiger partial charge in [-0.1, -0.05) is 11.3 Å². The molecule has 0 spiro atoms. The van der Waals surface area contributed by atoms with Gasteiger partial charge < -0.3 is 20.0 Å². The van der Waals surface area contributed by atoms with Crippen molar-refractivity contribution in [3.05, 3.63) is 47.4 Å². The van der Waals surface area contributed by atoms with E-state index in [1.165, 1.54) is 6.07 Å². The molecule has 8 nitrogen and oxygen atoms in total. The second-order valence-electron chi connectivity index (χ2n) is 7.68. The molecular formula is C21H22F3N5O3S. The number of carbonyl (C=O) groups excluding carboxylic acids is 1. The van der Waals surface area contributed by atoms with Gasteiger partial charge >= 0.3 is 6.03 Å². The second kappa shape index (κ2) is 9.89. The number of aliphatic hydroxyl groups excluding tert-OH is 2. The van der Waals surface area contributed by atoms with Crippen molar-refractivity contribution in [3.8, 4) is 0 Å². The van der Waals surface area contributed by atoms with Crippen molar-refractivity contribution in [1.82, 2.24) is 14.9 Å². The minimum atomic E-state index is -1.00. The van der Waals surface area contributed by atoms with E-state index in [9.17, 15) is 23.1 Å². The fourth-order valence-corrected chi connectivity index (χ4v) is 4.40. The molecule has 1 aliphatic rings. The Kier molecular flexibility index (Phi) is 6.96. The number of benzene rings is 1. The number of pyridine rings is 1. The van der Waals surface area contributed by atoms with Gasteiger partial charge in [-0.15, -0.1) is 0 Å². The molecule has 3 N–H and O–H groups in total. The van der Waals surface area contributed by atoms with Crippen LogP contribution in [-0.2, 0) is 6.42 Å². The molecule has 1 aliphatic heterocycles. The fourth-order valence-electron chi connectivity index (χ4n) is 3.53. The van der Waals surface area contributed by atoms with E-state index in [1.807, 2.05) is 0 Å². The topological polar surface area (TPSA) is 102 Å². The number of piperazine rings is 1. The van der Waals surface area contributed by atoms with E-state index in [0.717, 1.165) is 23.5 Å². The van der Waals surface area contributed by atoms with Crippen LogP contribution in [0.25, 0.3) is 10.2 Å². The zero-order valence-corrected chi connectivity index (χ0v) is 18.3. The van der Waals surface area contributed by atoms with Crippen molar-refractivity contribution >= 4 is 38.5 Å². The number of amides is 2. The molecule has 3 aromatic rings. The summed E-state index contributed by atoms with van der Waals surface area (Å²) in [5, 5.41) is 21.2. The molecule has 0 aliphatic carbocycles. The molecule has 0 saturated carbocycles. The minimum Gasteiger partial charge on any atom is -0.394 e. The number of rotatable bonds is 6. The van der Waals surface area contributed by atoms with Crippen LogP contribution in [0.15, 0.2) is 24.4 Å². The van der Waals surface area contributed by atoms with Gasteiger partial charge in [-0.3, -0.25) is 5.32 Å². The number of hydrogen-bond acceptors (Lipinski definition) is 7. The molecule has 1 saturated heterocycles. The molecule has 1 aromatic carbocycles. The Bertz CT molecular complexity index is 1110. The van der Waals surface area contributed by atoms with Gasteiger partial charge in [0.05, 0.1) is 22.9 Å². The molecule has 4 rings (SSSR count). The van der Waals surface area contributed by atoms with Crippen LogP contribution >= 0.6 is 11.3 Å². The summed E-state index contributed by atoms with van der Waals surface area (Å²) in [6.45, 7) is 1.05. The Morgan fingerprint density at radius 1 is 1.12 bits per heavy atom. The monoisotopic (exact) mass is 481 g/mol. The van der Waals surface area contributed by atoms with E-state index >= 15 is 0 Å². The summed E-state index contributed by atoms with van der Waals surface area (Å²) in [5.74, 6) is -2.27. The van der Waals surface area contributed by atoms with Gasteiger partial charge in [-0.05, 0) is 30.5 Å². The molecule has 0 radical (unpaired) electrons. The molecule has 1 unspecified atom stereocenters. The van der Waals surface area contributed by atoms with Crippen molar-refractivity contribution in [2.75, 3.05) is 43.0 Å². The number of nitrogens with zero attached hydrogens (tertiary/aromatic N) is 4. The van der Waals surface area contributed by atoms with Gasteiger partial charge in [0, 0.05) is 38.4 Å². The van der Waals surface area contributed by atoms with Crippen LogP contribution in [-0.4, -0.2) is 70.0 Å². The number of anilines is 2. The molecule has 2 amide bonds. The van der Waals surface area contributed by atoms with E-state index in [2.05, 4.69) is 15.3 Å². The first kappa shape index (κ1) is 23.2. The lowest BCUT2D eigenvalue weighted by atomic mass is 10.1. The average Bonchev–Trinajstić information content (AvgIpc) is 3.18. The molecule has 2 aromatic heterocycles. The number of fused-ring (bicyclic) bond motifs is 1. The number of aryl methyl sites for hydroxylation is 1. The van der Waals surface area contributed by atoms with Gasteiger partial charge in [-0.2, -0.15) is 0 Å². The Morgan fingerprint density at radius 3 is 2.55 bits per heavy atom. The third-order valence-corrected chi connectivity index (χ3v) is 6.30. The van der Waals surface area contributed by atoms with Gasteiger partial charge in [0.25, 0.3) is 0 Å². The van der Waals surface area contributed by atoms with Crippen LogP contribution in [0.3, 0.4) is 0 Å². The van der Waals surface area contributed by atoms with Crippen molar-refractivity contribution in [2.24, 2.45) is 0 Å². The number of thiazole rings is 1. The van der Waals surface area contributed by atoms with Crippen molar-refractivity contribution in [2.45, 2.75) is 18.9 Å². The lowest BCUT2D eigenvalue weighted by molar-refractivity contribution is 0.0885. The summed E-state index contributed by atoms with van der Waals surface area (Å²) in [5.41, 5.74) is 0.882. The second-order valence-corrected chi connectivity index (χ2v) is 8.71. The van der Waals surface area contributed by atoms with Gasteiger partial charge in [0.2, 0.25) is 0 Å². The number of aliphatic hydroxyl groups is 2. The smallest absolute Gasteiger partial charge is 0.323 e. The third kappa shape index (κ3) is 5.34. The molecule has 176 valence electrons. The van der Waals surface area contributed by atoms with Crippen LogP contribution in [0.2, 0.25) is 0 Å². The van der Waals surface area contributed by atoms with Gasteiger partial charge in [0.1, 0.15) is 0 Å². The van der Waals surface area contributed by atoms with E-state index in [1.54, 1.807) is 16.0 Å². The average molecular weight is 482 g/mol. The molecular weight excluding hydrogens is 459 g/mol. The first-order valence-corrected chi connectivity index (χ1v) is 11.2. The Morgan fingerprint density at radius 2 is 1.85 bits per heavy atom.